The zero-order chi connectivity index (χ0) is 34.5. The number of para-hydroxylation sites is 1. The number of fused-ring (bicyclic) bond motifs is 3. The predicted octanol–water partition coefficient (Wildman–Crippen LogP) is 7.92. The first-order valence-corrected chi connectivity index (χ1v) is 16.7. The highest BCUT2D eigenvalue weighted by molar-refractivity contribution is 6.35. The van der Waals surface area contributed by atoms with Gasteiger partial charge in [0.15, 0.2) is 11.5 Å². The number of anilines is 1. The monoisotopic (exact) mass is 707 g/mol. The Kier molecular flexibility index (Phi) is 10.9. The van der Waals surface area contributed by atoms with E-state index in [1.54, 1.807) is 54.6 Å². The third-order valence-electron chi connectivity index (χ3n) is 9.09. The lowest BCUT2D eigenvalue weighted by atomic mass is 9.86. The minimum Gasteiger partial charge on any atom is -0.493 e. The van der Waals surface area contributed by atoms with Gasteiger partial charge in [0, 0.05) is 25.4 Å². The minimum atomic E-state index is -0.834. The molecule has 0 N–H and O–H groups in total. The highest BCUT2D eigenvalue weighted by atomic mass is 35.5. The molecule has 2 atom stereocenters. The first kappa shape index (κ1) is 34.5. The number of rotatable bonds is 11. The molecule has 12 heteroatoms. The Morgan fingerprint density at radius 3 is 2.37 bits per heavy atom. The van der Waals surface area contributed by atoms with Crippen LogP contribution in [0.2, 0.25) is 10.0 Å². The van der Waals surface area contributed by atoms with Crippen molar-refractivity contribution >= 4 is 41.0 Å². The molecule has 9 nitrogen and oxygen atoms in total. The number of halogens is 3. The summed E-state index contributed by atoms with van der Waals surface area (Å²) in [4.78, 5) is 35.0. The van der Waals surface area contributed by atoms with Crippen LogP contribution in [0.1, 0.15) is 46.0 Å². The van der Waals surface area contributed by atoms with E-state index in [-0.39, 0.29) is 36.2 Å². The zero-order valence-corrected chi connectivity index (χ0v) is 28.6. The Bertz CT molecular complexity index is 1800. The number of pyridine rings is 1. The van der Waals surface area contributed by atoms with Crippen LogP contribution in [0.4, 0.5) is 14.9 Å². The second kappa shape index (κ2) is 15.4. The number of ether oxygens (including phenoxy) is 4. The summed E-state index contributed by atoms with van der Waals surface area (Å²) in [7, 11) is 3.05. The van der Waals surface area contributed by atoms with E-state index in [4.69, 9.17) is 42.1 Å². The molecule has 256 valence electrons. The molecule has 1 amide bonds. The molecule has 49 heavy (non-hydrogen) atoms. The molecular weight excluding hydrogens is 672 g/mol. The Labute approximate surface area is 294 Å². The number of esters is 1. The van der Waals surface area contributed by atoms with Crippen molar-refractivity contribution in [1.82, 2.24) is 9.88 Å². The van der Waals surface area contributed by atoms with E-state index in [0.29, 0.717) is 44.8 Å². The lowest BCUT2D eigenvalue weighted by Crippen LogP contribution is -2.53. The van der Waals surface area contributed by atoms with E-state index in [0.717, 1.165) is 25.9 Å². The van der Waals surface area contributed by atoms with Gasteiger partial charge in [0.1, 0.15) is 18.0 Å². The van der Waals surface area contributed by atoms with E-state index in [1.165, 1.54) is 43.6 Å². The van der Waals surface area contributed by atoms with Crippen molar-refractivity contribution in [2.24, 2.45) is 5.92 Å². The Hall–Kier alpha value is -4.38. The third kappa shape index (κ3) is 7.93. The Morgan fingerprint density at radius 2 is 1.69 bits per heavy atom. The molecule has 3 aromatic carbocycles. The average Bonchev–Trinajstić information content (AvgIpc) is 3.12. The van der Waals surface area contributed by atoms with Gasteiger partial charge in [-0.3, -0.25) is 14.8 Å². The van der Waals surface area contributed by atoms with Gasteiger partial charge in [-0.2, -0.15) is 0 Å². The lowest BCUT2D eigenvalue weighted by Gasteiger charge is -2.44. The van der Waals surface area contributed by atoms with Crippen molar-refractivity contribution in [3.63, 3.8) is 0 Å². The summed E-state index contributed by atoms with van der Waals surface area (Å²) in [6.07, 6.45) is 3.29. The average molecular weight is 709 g/mol. The standard InChI is InChI=1S/C37H36Cl2FN3O6/c1-46-32-11-10-25(17-34(32)47-2)33(18-27-28(38)19-41-20-29(27)39)48-36(44)26-7-5-6-23(16-26)21-43(31-9-4-3-8-30(31)40)37(45)49-35-22-42-14-12-24(35)13-15-42/h3-11,16-17,19-20,24,33,35H,12-15,18,21-22H2,1-2H3/t33-,35-/m0/s1. The fourth-order valence-corrected chi connectivity index (χ4v) is 6.95. The molecular formula is C37H36Cl2FN3O6. The predicted molar refractivity (Wildman–Crippen MR) is 184 cm³/mol. The second-order valence-electron chi connectivity index (χ2n) is 12.1. The molecule has 0 saturated carbocycles. The van der Waals surface area contributed by atoms with Gasteiger partial charge in [-0.15, -0.1) is 0 Å². The van der Waals surface area contributed by atoms with Crippen LogP contribution in [0, 0.1) is 11.7 Å². The molecule has 4 aromatic rings. The van der Waals surface area contributed by atoms with E-state index in [9.17, 15) is 9.59 Å². The quantitative estimate of drug-likeness (QED) is 0.145. The van der Waals surface area contributed by atoms with Crippen LogP contribution in [0.25, 0.3) is 0 Å². The number of methoxy groups -OCH3 is 2. The molecule has 3 saturated heterocycles. The van der Waals surface area contributed by atoms with Gasteiger partial charge >= 0.3 is 12.1 Å². The highest BCUT2D eigenvalue weighted by Gasteiger charge is 2.38. The molecule has 2 bridgehead atoms. The first-order valence-electron chi connectivity index (χ1n) is 16.0. The number of carbonyl (C=O) groups is 2. The zero-order valence-electron chi connectivity index (χ0n) is 27.1. The van der Waals surface area contributed by atoms with Crippen LogP contribution in [-0.2, 0) is 22.4 Å². The lowest BCUT2D eigenvalue weighted by molar-refractivity contribution is -0.0311. The summed E-state index contributed by atoms with van der Waals surface area (Å²) in [5, 5.41) is 0.656. The number of amides is 1. The van der Waals surface area contributed by atoms with Crippen LogP contribution in [0.5, 0.6) is 11.5 Å². The third-order valence-corrected chi connectivity index (χ3v) is 9.74. The summed E-state index contributed by atoms with van der Waals surface area (Å²) in [5.74, 6) is 0.0548. The van der Waals surface area contributed by atoms with Crippen molar-refractivity contribution in [3.05, 3.63) is 117 Å². The van der Waals surface area contributed by atoms with Crippen molar-refractivity contribution < 1.29 is 32.9 Å². The molecule has 0 radical (unpaired) electrons. The molecule has 3 aliphatic rings. The number of nitrogens with zero attached hydrogens (tertiary/aromatic N) is 3. The smallest absolute Gasteiger partial charge is 0.415 e. The maximum absolute atomic E-state index is 15.1. The first-order chi connectivity index (χ1) is 23.7. The van der Waals surface area contributed by atoms with Gasteiger partial charge in [-0.05, 0) is 84.9 Å². The normalized spacial score (nSPS) is 18.8. The number of piperidine rings is 3. The van der Waals surface area contributed by atoms with E-state index in [2.05, 4.69) is 9.88 Å². The van der Waals surface area contributed by atoms with Crippen molar-refractivity contribution in [2.45, 2.75) is 38.0 Å². The summed E-state index contributed by atoms with van der Waals surface area (Å²) in [5.41, 5.74) is 2.07. The largest absolute Gasteiger partial charge is 0.493 e. The summed E-state index contributed by atoms with van der Waals surface area (Å²) in [6, 6.07) is 18.0. The van der Waals surface area contributed by atoms with Gasteiger partial charge in [-0.1, -0.05) is 53.5 Å². The molecule has 3 fully saturated rings. The molecule has 4 heterocycles. The van der Waals surface area contributed by atoms with Crippen LogP contribution >= 0.6 is 23.2 Å². The second-order valence-corrected chi connectivity index (χ2v) is 12.9. The van der Waals surface area contributed by atoms with Crippen molar-refractivity contribution in [2.75, 3.05) is 38.8 Å². The van der Waals surface area contributed by atoms with E-state index < -0.39 is 24.0 Å². The van der Waals surface area contributed by atoms with Gasteiger partial charge in [0.05, 0.1) is 42.1 Å². The highest BCUT2D eigenvalue weighted by Crippen LogP contribution is 2.36. The number of carbonyl (C=O) groups excluding carboxylic acids is 2. The van der Waals surface area contributed by atoms with Crippen LogP contribution in [0.15, 0.2) is 79.1 Å². The Morgan fingerprint density at radius 1 is 0.959 bits per heavy atom. The molecule has 0 aliphatic carbocycles. The van der Waals surface area contributed by atoms with E-state index in [1.807, 2.05) is 0 Å². The molecule has 1 aromatic heterocycles. The van der Waals surface area contributed by atoms with Gasteiger partial charge in [0.25, 0.3) is 0 Å². The van der Waals surface area contributed by atoms with Gasteiger partial charge in [-0.25, -0.2) is 14.0 Å². The number of hydrogen-bond donors (Lipinski definition) is 0. The molecule has 3 aliphatic heterocycles. The van der Waals surface area contributed by atoms with E-state index >= 15 is 4.39 Å². The SMILES string of the molecule is COc1ccc([C@H](Cc2c(Cl)cncc2Cl)OC(=O)c2cccc(CN(C(=O)O[C@H]3CN4CCC3CC4)c3ccccc3F)c2)cc1OC. The van der Waals surface area contributed by atoms with Crippen molar-refractivity contribution in [1.29, 1.82) is 0 Å². The van der Waals surface area contributed by atoms with Crippen molar-refractivity contribution in [3.8, 4) is 11.5 Å². The topological polar surface area (TPSA) is 90.4 Å². The number of hydrogen-bond acceptors (Lipinski definition) is 8. The van der Waals surface area contributed by atoms with Crippen LogP contribution in [-0.4, -0.2) is 61.9 Å². The number of benzene rings is 3. The minimum absolute atomic E-state index is 0.0384. The summed E-state index contributed by atoms with van der Waals surface area (Å²) >= 11 is 12.9. The van der Waals surface area contributed by atoms with Crippen LogP contribution in [0.3, 0.4) is 0 Å². The molecule has 0 unspecified atom stereocenters. The Balaban J connectivity index is 1.26. The van der Waals surface area contributed by atoms with Crippen LogP contribution < -0.4 is 14.4 Å². The summed E-state index contributed by atoms with van der Waals surface area (Å²) < 4.78 is 38.1. The summed E-state index contributed by atoms with van der Waals surface area (Å²) in [6.45, 7) is 2.62. The molecule has 7 rings (SSSR count). The number of aromatic nitrogens is 1. The molecule has 0 spiro atoms. The fourth-order valence-electron chi connectivity index (χ4n) is 6.43. The maximum Gasteiger partial charge on any atom is 0.415 e. The van der Waals surface area contributed by atoms with Gasteiger partial charge in [0.2, 0.25) is 0 Å². The maximum atomic E-state index is 15.1. The van der Waals surface area contributed by atoms with Gasteiger partial charge < -0.3 is 18.9 Å². The fraction of sp³-hybridized carbons (Fsp3) is 0.324.